The van der Waals surface area contributed by atoms with Crippen LogP contribution in [0.3, 0.4) is 0 Å². The Morgan fingerprint density at radius 1 is 1.21 bits per heavy atom. The fourth-order valence-electron chi connectivity index (χ4n) is 2.06. The van der Waals surface area contributed by atoms with Crippen LogP contribution in [0.25, 0.3) is 11.4 Å². The van der Waals surface area contributed by atoms with E-state index in [1.807, 2.05) is 12.1 Å². The van der Waals surface area contributed by atoms with E-state index in [9.17, 15) is 0 Å². The average molecular weight is 477 g/mol. The third-order valence-electron chi connectivity index (χ3n) is 3.22. The molecule has 2 aromatic carbocycles. The van der Waals surface area contributed by atoms with E-state index in [4.69, 9.17) is 32.7 Å². The molecule has 1 aromatic heterocycles. The third-order valence-corrected chi connectivity index (χ3v) is 4.61. The number of halogens is 3. The lowest BCUT2D eigenvalue weighted by Gasteiger charge is -2.14. The van der Waals surface area contributed by atoms with Crippen molar-refractivity contribution in [2.75, 3.05) is 7.11 Å². The molecule has 0 aliphatic rings. The van der Waals surface area contributed by atoms with Gasteiger partial charge in [-0.25, -0.2) is 0 Å². The number of ether oxygens (including phenoxy) is 2. The van der Waals surface area contributed by atoms with Crippen LogP contribution in [0.15, 0.2) is 30.3 Å². The van der Waals surface area contributed by atoms with E-state index in [-0.39, 0.29) is 0 Å². The molecule has 0 fully saturated rings. The number of hydrogen-bond donors (Lipinski definition) is 1. The first-order valence-corrected chi connectivity index (χ1v) is 8.60. The fraction of sp³-hybridized carbons (Fsp3) is 0.133. The van der Waals surface area contributed by atoms with Crippen LogP contribution in [0.4, 0.5) is 0 Å². The first kappa shape index (κ1) is 17.2. The molecule has 0 saturated carbocycles. The van der Waals surface area contributed by atoms with Crippen molar-refractivity contribution in [3.63, 3.8) is 0 Å². The lowest BCUT2D eigenvalue weighted by atomic mass is 10.2. The van der Waals surface area contributed by atoms with Gasteiger partial charge in [-0.05, 0) is 52.1 Å². The second kappa shape index (κ2) is 7.54. The Kier molecular flexibility index (Phi) is 5.42. The summed E-state index contributed by atoms with van der Waals surface area (Å²) in [6.45, 7) is 0.296. The molecule has 0 bridgehead atoms. The van der Waals surface area contributed by atoms with E-state index < -0.39 is 0 Å². The molecule has 0 unspecified atom stereocenters. The minimum atomic E-state index is 0.296. The first-order chi connectivity index (χ1) is 11.6. The summed E-state index contributed by atoms with van der Waals surface area (Å²) in [7, 11) is 1.58. The molecule has 0 atom stereocenters. The van der Waals surface area contributed by atoms with E-state index in [0.29, 0.717) is 34.0 Å². The minimum absolute atomic E-state index is 0.296. The Balaban J connectivity index is 1.87. The number of nitrogens with one attached hydrogen (secondary N) is 1. The standard InChI is InChI=1S/C15H11Cl2IN4O2/c1-23-13-5-9(15-19-21-22-20-15)4-12(18)14(13)24-7-8-2-3-10(16)6-11(8)17/h2-6H,7H2,1H3,(H,19,20,21,22). The molecule has 124 valence electrons. The highest BCUT2D eigenvalue weighted by Crippen LogP contribution is 2.37. The highest BCUT2D eigenvalue weighted by Gasteiger charge is 2.15. The molecular weight excluding hydrogens is 466 g/mol. The summed E-state index contributed by atoms with van der Waals surface area (Å²) in [6.07, 6.45) is 0. The van der Waals surface area contributed by atoms with Crippen LogP contribution in [0.5, 0.6) is 11.5 Å². The molecule has 0 aliphatic heterocycles. The Hall–Kier alpha value is -1.58. The zero-order chi connectivity index (χ0) is 17.1. The Labute approximate surface area is 161 Å². The second-order valence-electron chi connectivity index (χ2n) is 4.75. The zero-order valence-corrected chi connectivity index (χ0v) is 16.1. The highest BCUT2D eigenvalue weighted by molar-refractivity contribution is 14.1. The van der Waals surface area contributed by atoms with Crippen molar-refractivity contribution in [1.29, 1.82) is 0 Å². The maximum Gasteiger partial charge on any atom is 0.204 e. The zero-order valence-electron chi connectivity index (χ0n) is 12.4. The van der Waals surface area contributed by atoms with Crippen molar-refractivity contribution in [1.82, 2.24) is 20.6 Å². The van der Waals surface area contributed by atoms with Crippen LogP contribution in [0.1, 0.15) is 5.56 Å². The Morgan fingerprint density at radius 2 is 2.04 bits per heavy atom. The highest BCUT2D eigenvalue weighted by atomic mass is 127. The molecule has 3 rings (SSSR count). The summed E-state index contributed by atoms with van der Waals surface area (Å²) in [4.78, 5) is 0. The maximum absolute atomic E-state index is 6.18. The van der Waals surface area contributed by atoms with Crippen LogP contribution in [0.2, 0.25) is 10.0 Å². The summed E-state index contributed by atoms with van der Waals surface area (Å²) in [5.74, 6) is 1.68. The number of hydrogen-bond acceptors (Lipinski definition) is 5. The van der Waals surface area contributed by atoms with Crippen LogP contribution in [-0.2, 0) is 6.61 Å². The van der Waals surface area contributed by atoms with Gasteiger partial charge in [-0.15, -0.1) is 10.2 Å². The normalized spacial score (nSPS) is 10.7. The average Bonchev–Trinajstić information content (AvgIpc) is 3.09. The van der Waals surface area contributed by atoms with Crippen LogP contribution >= 0.6 is 45.8 Å². The number of aromatic nitrogens is 4. The Morgan fingerprint density at radius 3 is 2.71 bits per heavy atom. The first-order valence-electron chi connectivity index (χ1n) is 6.76. The van der Waals surface area contributed by atoms with Gasteiger partial charge in [0.25, 0.3) is 0 Å². The summed E-state index contributed by atoms with van der Waals surface area (Å²) >= 11 is 14.3. The third kappa shape index (κ3) is 3.73. The molecule has 0 amide bonds. The summed E-state index contributed by atoms with van der Waals surface area (Å²) in [6, 6.07) is 8.98. The number of nitrogens with zero attached hydrogens (tertiary/aromatic N) is 3. The topological polar surface area (TPSA) is 72.9 Å². The lowest BCUT2D eigenvalue weighted by molar-refractivity contribution is 0.282. The predicted octanol–water partition coefficient (Wildman–Crippen LogP) is 4.37. The maximum atomic E-state index is 6.18. The smallest absolute Gasteiger partial charge is 0.204 e. The van der Waals surface area contributed by atoms with Crippen molar-refractivity contribution in [2.45, 2.75) is 6.61 Å². The number of H-pyrrole nitrogens is 1. The van der Waals surface area contributed by atoms with E-state index in [1.54, 1.807) is 25.3 Å². The summed E-state index contributed by atoms with van der Waals surface area (Å²) in [5.41, 5.74) is 1.61. The van der Waals surface area contributed by atoms with Gasteiger partial charge in [0, 0.05) is 21.2 Å². The van der Waals surface area contributed by atoms with Crippen LogP contribution in [-0.4, -0.2) is 27.7 Å². The van der Waals surface area contributed by atoms with Crippen molar-refractivity contribution >= 4 is 45.8 Å². The molecule has 3 aromatic rings. The van der Waals surface area contributed by atoms with Gasteiger partial charge in [-0.1, -0.05) is 29.3 Å². The Bertz CT molecular complexity index is 859. The van der Waals surface area contributed by atoms with E-state index in [1.165, 1.54) is 0 Å². The molecular formula is C15H11Cl2IN4O2. The molecule has 0 radical (unpaired) electrons. The number of aromatic amines is 1. The van der Waals surface area contributed by atoms with Crippen LogP contribution in [0, 0.1) is 3.57 Å². The second-order valence-corrected chi connectivity index (χ2v) is 6.76. The SMILES string of the molecule is COc1cc(-c2nn[nH]n2)cc(I)c1OCc1ccc(Cl)cc1Cl. The van der Waals surface area contributed by atoms with Crippen LogP contribution < -0.4 is 9.47 Å². The summed E-state index contributed by atoms with van der Waals surface area (Å²) < 4.78 is 12.2. The van der Waals surface area contributed by atoms with Gasteiger partial charge in [0.1, 0.15) is 6.61 Å². The van der Waals surface area contributed by atoms with E-state index >= 15 is 0 Å². The fourth-order valence-corrected chi connectivity index (χ4v) is 3.28. The van der Waals surface area contributed by atoms with Crippen molar-refractivity contribution < 1.29 is 9.47 Å². The lowest BCUT2D eigenvalue weighted by Crippen LogP contribution is -2.01. The largest absolute Gasteiger partial charge is 0.493 e. The molecule has 9 heteroatoms. The predicted molar refractivity (Wildman–Crippen MR) is 99.7 cm³/mol. The quantitative estimate of drug-likeness (QED) is 0.553. The van der Waals surface area contributed by atoms with E-state index in [0.717, 1.165) is 14.7 Å². The number of methoxy groups -OCH3 is 1. The monoisotopic (exact) mass is 476 g/mol. The number of tetrazole rings is 1. The molecule has 1 heterocycles. The van der Waals surface area contributed by atoms with Gasteiger partial charge in [0.15, 0.2) is 11.5 Å². The van der Waals surface area contributed by atoms with Gasteiger partial charge in [-0.3, -0.25) is 0 Å². The minimum Gasteiger partial charge on any atom is -0.493 e. The van der Waals surface area contributed by atoms with Crippen molar-refractivity contribution in [2.24, 2.45) is 0 Å². The van der Waals surface area contributed by atoms with Gasteiger partial charge in [-0.2, -0.15) is 5.21 Å². The molecule has 0 aliphatic carbocycles. The van der Waals surface area contributed by atoms with Gasteiger partial charge >= 0.3 is 0 Å². The van der Waals surface area contributed by atoms with Gasteiger partial charge < -0.3 is 9.47 Å². The molecule has 0 saturated heterocycles. The van der Waals surface area contributed by atoms with Gasteiger partial charge in [0.05, 0.1) is 10.7 Å². The molecule has 24 heavy (non-hydrogen) atoms. The van der Waals surface area contributed by atoms with Crippen molar-refractivity contribution in [3.05, 3.63) is 49.5 Å². The summed E-state index contributed by atoms with van der Waals surface area (Å²) in [5, 5.41) is 15.1. The van der Waals surface area contributed by atoms with Crippen molar-refractivity contribution in [3.8, 4) is 22.9 Å². The molecule has 1 N–H and O–H groups in total. The van der Waals surface area contributed by atoms with Gasteiger partial charge in [0.2, 0.25) is 5.82 Å². The number of rotatable bonds is 5. The molecule has 0 spiro atoms. The number of benzene rings is 2. The van der Waals surface area contributed by atoms with E-state index in [2.05, 4.69) is 43.2 Å². The molecule has 6 nitrogen and oxygen atoms in total.